The SMILES string of the molecule is Oc1cc2c(Cl)cc(Cl)cc2cc1I. The Balaban J connectivity index is 2.89. The molecule has 2 aromatic rings. The molecule has 0 saturated heterocycles. The molecule has 0 aromatic heterocycles. The lowest BCUT2D eigenvalue weighted by molar-refractivity contribution is 0.472. The van der Waals surface area contributed by atoms with E-state index in [1.807, 2.05) is 12.1 Å². The normalized spacial score (nSPS) is 10.8. The number of fused-ring (bicyclic) bond motifs is 1. The van der Waals surface area contributed by atoms with E-state index in [1.165, 1.54) is 0 Å². The summed E-state index contributed by atoms with van der Waals surface area (Å²) in [6.45, 7) is 0. The molecule has 0 aliphatic heterocycles. The second-order valence-corrected chi connectivity index (χ2v) is 4.92. The molecule has 1 nitrogen and oxygen atoms in total. The summed E-state index contributed by atoms with van der Waals surface area (Å²) in [6.07, 6.45) is 0. The van der Waals surface area contributed by atoms with E-state index in [9.17, 15) is 5.11 Å². The molecule has 2 rings (SSSR count). The minimum Gasteiger partial charge on any atom is -0.507 e. The lowest BCUT2D eigenvalue weighted by Gasteiger charge is -2.04. The monoisotopic (exact) mass is 338 g/mol. The summed E-state index contributed by atoms with van der Waals surface area (Å²) in [5.74, 6) is 0.238. The molecule has 0 heterocycles. The van der Waals surface area contributed by atoms with E-state index in [-0.39, 0.29) is 5.75 Å². The van der Waals surface area contributed by atoms with Gasteiger partial charge in [-0.3, -0.25) is 0 Å². The molecule has 0 aliphatic rings. The second kappa shape index (κ2) is 3.76. The Morgan fingerprint density at radius 3 is 2.50 bits per heavy atom. The second-order valence-electron chi connectivity index (χ2n) is 2.91. The standard InChI is InChI=1S/C10H5Cl2IO/c11-6-1-5-2-9(13)10(14)4-7(5)8(12)3-6/h1-4,14H. The maximum atomic E-state index is 9.51. The molecule has 0 spiro atoms. The van der Waals surface area contributed by atoms with Crippen LogP contribution < -0.4 is 0 Å². The van der Waals surface area contributed by atoms with Crippen LogP contribution in [0, 0.1) is 3.57 Å². The summed E-state index contributed by atoms with van der Waals surface area (Å²) < 4.78 is 0.786. The lowest BCUT2D eigenvalue weighted by atomic mass is 10.1. The van der Waals surface area contributed by atoms with Gasteiger partial charge in [-0.15, -0.1) is 0 Å². The van der Waals surface area contributed by atoms with Gasteiger partial charge in [-0.25, -0.2) is 0 Å². The van der Waals surface area contributed by atoms with Crippen LogP contribution in [-0.4, -0.2) is 5.11 Å². The van der Waals surface area contributed by atoms with Crippen LogP contribution in [0.25, 0.3) is 10.8 Å². The van der Waals surface area contributed by atoms with E-state index in [2.05, 4.69) is 22.6 Å². The van der Waals surface area contributed by atoms with Crippen LogP contribution >= 0.6 is 45.8 Å². The highest BCUT2D eigenvalue weighted by molar-refractivity contribution is 14.1. The van der Waals surface area contributed by atoms with Gasteiger partial charge in [0.1, 0.15) is 5.75 Å². The van der Waals surface area contributed by atoms with E-state index in [0.717, 1.165) is 14.3 Å². The highest BCUT2D eigenvalue weighted by atomic mass is 127. The molecule has 14 heavy (non-hydrogen) atoms. The van der Waals surface area contributed by atoms with Crippen LogP contribution in [0.3, 0.4) is 0 Å². The molecule has 0 bridgehead atoms. The molecule has 0 radical (unpaired) electrons. The van der Waals surface area contributed by atoms with Crippen molar-refractivity contribution in [1.29, 1.82) is 0 Å². The summed E-state index contributed by atoms with van der Waals surface area (Å²) in [5, 5.41) is 12.4. The zero-order valence-corrected chi connectivity index (χ0v) is 10.6. The van der Waals surface area contributed by atoms with Gasteiger partial charge in [-0.2, -0.15) is 0 Å². The van der Waals surface area contributed by atoms with Gasteiger partial charge in [-0.1, -0.05) is 23.2 Å². The van der Waals surface area contributed by atoms with Crippen molar-refractivity contribution in [3.05, 3.63) is 37.9 Å². The fourth-order valence-corrected chi connectivity index (χ4v) is 2.35. The maximum Gasteiger partial charge on any atom is 0.129 e. The smallest absolute Gasteiger partial charge is 0.129 e. The summed E-state index contributed by atoms with van der Waals surface area (Å²) in [6, 6.07) is 6.99. The van der Waals surface area contributed by atoms with Crippen molar-refractivity contribution in [3.8, 4) is 5.75 Å². The van der Waals surface area contributed by atoms with Crippen molar-refractivity contribution in [1.82, 2.24) is 0 Å². The van der Waals surface area contributed by atoms with E-state index in [0.29, 0.717) is 10.0 Å². The Kier molecular flexibility index (Phi) is 2.77. The highest BCUT2D eigenvalue weighted by Crippen LogP contribution is 2.33. The first-order valence-corrected chi connectivity index (χ1v) is 5.68. The average Bonchev–Trinajstić information content (AvgIpc) is 2.08. The maximum absolute atomic E-state index is 9.51. The summed E-state index contributed by atoms with van der Waals surface area (Å²) >= 11 is 13.9. The van der Waals surface area contributed by atoms with Crippen molar-refractivity contribution in [2.24, 2.45) is 0 Å². The van der Waals surface area contributed by atoms with Gasteiger partial charge >= 0.3 is 0 Å². The zero-order valence-electron chi connectivity index (χ0n) is 6.89. The number of phenolic OH excluding ortho intramolecular Hbond substituents is 1. The fraction of sp³-hybridized carbons (Fsp3) is 0. The van der Waals surface area contributed by atoms with Gasteiger partial charge in [0.15, 0.2) is 0 Å². The molecule has 0 unspecified atom stereocenters. The Hall–Kier alpha value is -0.190. The molecule has 72 valence electrons. The van der Waals surface area contributed by atoms with Crippen molar-refractivity contribution in [2.75, 3.05) is 0 Å². The molecular formula is C10H5Cl2IO. The first-order chi connectivity index (χ1) is 6.58. The predicted molar refractivity (Wildman–Crippen MR) is 68.3 cm³/mol. The van der Waals surface area contributed by atoms with Crippen molar-refractivity contribution in [2.45, 2.75) is 0 Å². The highest BCUT2D eigenvalue weighted by Gasteiger charge is 2.05. The quantitative estimate of drug-likeness (QED) is 0.703. The molecule has 0 fully saturated rings. The summed E-state index contributed by atoms with van der Waals surface area (Å²) in [5.41, 5.74) is 0. The van der Waals surface area contributed by atoms with Crippen LogP contribution in [0.15, 0.2) is 24.3 Å². The molecule has 4 heteroatoms. The van der Waals surface area contributed by atoms with E-state index < -0.39 is 0 Å². The van der Waals surface area contributed by atoms with Crippen LogP contribution in [0.2, 0.25) is 10.0 Å². The van der Waals surface area contributed by atoms with Crippen LogP contribution in [0.4, 0.5) is 0 Å². The first kappa shape index (κ1) is 10.3. The third-order valence-electron chi connectivity index (χ3n) is 1.93. The number of hydrogen-bond donors (Lipinski definition) is 1. The summed E-state index contributed by atoms with van der Waals surface area (Å²) in [7, 11) is 0. The number of halogens is 3. The van der Waals surface area contributed by atoms with Crippen molar-refractivity contribution < 1.29 is 5.11 Å². The van der Waals surface area contributed by atoms with E-state index in [1.54, 1.807) is 12.1 Å². The van der Waals surface area contributed by atoms with Gasteiger partial charge in [-0.05, 0) is 52.2 Å². The zero-order chi connectivity index (χ0) is 10.3. The van der Waals surface area contributed by atoms with Gasteiger partial charge in [0.25, 0.3) is 0 Å². The molecular weight excluding hydrogens is 334 g/mol. The number of hydrogen-bond acceptors (Lipinski definition) is 1. The van der Waals surface area contributed by atoms with Crippen molar-refractivity contribution >= 4 is 56.6 Å². The molecule has 0 saturated carbocycles. The average molecular weight is 339 g/mol. The summed E-state index contributed by atoms with van der Waals surface area (Å²) in [4.78, 5) is 0. The van der Waals surface area contributed by atoms with Gasteiger partial charge < -0.3 is 5.11 Å². The minimum atomic E-state index is 0.238. The number of rotatable bonds is 0. The minimum absolute atomic E-state index is 0.238. The Morgan fingerprint density at radius 1 is 1.07 bits per heavy atom. The number of phenols is 1. The largest absolute Gasteiger partial charge is 0.507 e. The topological polar surface area (TPSA) is 20.2 Å². The third kappa shape index (κ3) is 1.78. The van der Waals surface area contributed by atoms with Gasteiger partial charge in [0.2, 0.25) is 0 Å². The van der Waals surface area contributed by atoms with E-state index >= 15 is 0 Å². The Morgan fingerprint density at radius 2 is 1.79 bits per heavy atom. The number of benzene rings is 2. The fourth-order valence-electron chi connectivity index (χ4n) is 1.29. The third-order valence-corrected chi connectivity index (χ3v) is 3.33. The Bertz CT molecular complexity index is 511. The van der Waals surface area contributed by atoms with E-state index in [4.69, 9.17) is 23.2 Å². The van der Waals surface area contributed by atoms with Gasteiger partial charge in [0.05, 0.1) is 8.59 Å². The molecule has 1 N–H and O–H groups in total. The van der Waals surface area contributed by atoms with Crippen LogP contribution in [-0.2, 0) is 0 Å². The number of aromatic hydroxyl groups is 1. The lowest BCUT2D eigenvalue weighted by Crippen LogP contribution is -1.79. The first-order valence-electron chi connectivity index (χ1n) is 3.85. The van der Waals surface area contributed by atoms with Crippen molar-refractivity contribution in [3.63, 3.8) is 0 Å². The molecule has 2 aromatic carbocycles. The molecule has 0 aliphatic carbocycles. The predicted octanol–water partition coefficient (Wildman–Crippen LogP) is 4.46. The van der Waals surface area contributed by atoms with Crippen LogP contribution in [0.1, 0.15) is 0 Å². The molecule has 0 atom stereocenters. The van der Waals surface area contributed by atoms with Crippen LogP contribution in [0.5, 0.6) is 5.75 Å². The Labute approximate surface area is 105 Å². The molecule has 0 amide bonds. The van der Waals surface area contributed by atoms with Gasteiger partial charge in [0, 0.05) is 10.4 Å².